The molecule has 1 fully saturated rings. The van der Waals surface area contributed by atoms with Crippen molar-refractivity contribution in [1.29, 1.82) is 0 Å². The molecule has 0 unspecified atom stereocenters. The number of nitrogen functional groups attached to an aromatic ring is 1. The quantitative estimate of drug-likeness (QED) is 0.813. The van der Waals surface area contributed by atoms with Crippen molar-refractivity contribution in [3.63, 3.8) is 0 Å². The van der Waals surface area contributed by atoms with Crippen LogP contribution in [0.2, 0.25) is 0 Å². The van der Waals surface area contributed by atoms with E-state index in [1.165, 1.54) is 0 Å². The van der Waals surface area contributed by atoms with Gasteiger partial charge in [-0.15, -0.1) is 0 Å². The van der Waals surface area contributed by atoms with Gasteiger partial charge in [-0.25, -0.2) is 0 Å². The van der Waals surface area contributed by atoms with Gasteiger partial charge in [-0.3, -0.25) is 14.3 Å². The Morgan fingerprint density at radius 2 is 2.35 bits per heavy atom. The lowest BCUT2D eigenvalue weighted by molar-refractivity contribution is 0.657. The fourth-order valence-corrected chi connectivity index (χ4v) is 2.20. The summed E-state index contributed by atoms with van der Waals surface area (Å²) in [5.41, 5.74) is 7.32. The number of hydrogen-bond donors (Lipinski definition) is 2. The molecular weight excluding hydrogens is 236 g/mol. The van der Waals surface area contributed by atoms with Gasteiger partial charge in [0.2, 0.25) is 0 Å². The van der Waals surface area contributed by atoms with Crippen molar-refractivity contribution in [1.82, 2.24) is 24.5 Å². The largest absolute Gasteiger partial charge is 0.396 e. The fraction of sp³-hybridized carbons (Fsp3) is 0.500. The number of rotatable bonds is 3. The van der Waals surface area contributed by atoms with Crippen LogP contribution in [0.15, 0.2) is 6.20 Å². The lowest BCUT2D eigenvalue weighted by Crippen LogP contribution is -2.00. The highest BCUT2D eigenvalue weighted by Crippen LogP contribution is 2.38. The minimum absolute atomic E-state index is 0.461. The van der Waals surface area contributed by atoms with Crippen LogP contribution in [0.5, 0.6) is 0 Å². The molecule has 3 N–H and O–H groups in total. The highest BCUT2D eigenvalue weighted by Gasteiger charge is 2.29. The number of nitrogens with zero attached hydrogens (tertiary/aromatic N) is 4. The van der Waals surface area contributed by atoms with Gasteiger partial charge in [-0.05, 0) is 32.0 Å². The molecule has 0 bridgehead atoms. The lowest BCUT2D eigenvalue weighted by Gasteiger charge is -2.02. The zero-order chi connectivity index (χ0) is 12.0. The van der Waals surface area contributed by atoms with E-state index in [4.69, 9.17) is 18.0 Å². The average molecular weight is 250 g/mol. The Labute approximate surface area is 103 Å². The molecule has 1 aliphatic rings. The molecule has 0 amide bonds. The summed E-state index contributed by atoms with van der Waals surface area (Å²) in [6, 6.07) is 0.461. The minimum Gasteiger partial charge on any atom is -0.396 e. The molecule has 0 aliphatic heterocycles. The molecule has 6 nitrogen and oxygen atoms in total. The van der Waals surface area contributed by atoms with Gasteiger partial charge in [0.25, 0.3) is 0 Å². The first-order valence-corrected chi connectivity index (χ1v) is 6.11. The van der Waals surface area contributed by atoms with E-state index in [0.717, 1.165) is 25.2 Å². The third kappa shape index (κ3) is 1.66. The Balaban J connectivity index is 2.14. The molecule has 3 rings (SSSR count). The summed E-state index contributed by atoms with van der Waals surface area (Å²) < 4.78 is 4.47. The summed E-state index contributed by atoms with van der Waals surface area (Å²) in [6.07, 6.45) is 4.12. The number of nitrogens with two attached hydrogens (primary N) is 1. The minimum atomic E-state index is 0.461. The summed E-state index contributed by atoms with van der Waals surface area (Å²) >= 11 is 5.24. The second kappa shape index (κ2) is 3.69. The number of aryl methyl sites for hydroxylation is 1. The molecule has 0 radical (unpaired) electrons. The number of anilines is 1. The molecule has 0 atom stereocenters. The number of hydrogen-bond acceptors (Lipinski definition) is 4. The first-order valence-electron chi connectivity index (χ1n) is 5.71. The van der Waals surface area contributed by atoms with Gasteiger partial charge in [-0.2, -0.15) is 10.2 Å². The van der Waals surface area contributed by atoms with Gasteiger partial charge < -0.3 is 5.73 Å². The molecule has 0 saturated heterocycles. The summed E-state index contributed by atoms with van der Waals surface area (Å²) in [7, 11) is 0. The van der Waals surface area contributed by atoms with Crippen LogP contribution in [-0.2, 0) is 6.54 Å². The van der Waals surface area contributed by atoms with Gasteiger partial charge in [0.1, 0.15) is 0 Å². The molecule has 2 heterocycles. The maximum Gasteiger partial charge on any atom is 0.195 e. The summed E-state index contributed by atoms with van der Waals surface area (Å²) in [6.45, 7) is 2.81. The number of aromatic nitrogens is 5. The van der Waals surface area contributed by atoms with Crippen LogP contribution >= 0.6 is 12.2 Å². The van der Waals surface area contributed by atoms with E-state index in [-0.39, 0.29) is 0 Å². The van der Waals surface area contributed by atoms with E-state index in [9.17, 15) is 0 Å². The highest BCUT2D eigenvalue weighted by molar-refractivity contribution is 7.71. The van der Waals surface area contributed by atoms with Gasteiger partial charge in [0, 0.05) is 18.8 Å². The van der Waals surface area contributed by atoms with Crippen molar-refractivity contribution in [3.05, 3.63) is 11.0 Å². The van der Waals surface area contributed by atoms with Crippen molar-refractivity contribution in [3.8, 4) is 11.5 Å². The van der Waals surface area contributed by atoms with E-state index < -0.39 is 0 Å². The predicted octanol–water partition coefficient (Wildman–Crippen LogP) is 1.74. The molecular formula is C10H14N6S. The first-order chi connectivity index (χ1) is 8.20. The van der Waals surface area contributed by atoms with E-state index in [2.05, 4.69) is 15.3 Å². The van der Waals surface area contributed by atoms with E-state index in [1.54, 1.807) is 4.68 Å². The average Bonchev–Trinajstić information content (AvgIpc) is 2.98. The van der Waals surface area contributed by atoms with Gasteiger partial charge in [-0.1, -0.05) is 0 Å². The zero-order valence-corrected chi connectivity index (χ0v) is 10.4. The second-order valence-corrected chi connectivity index (χ2v) is 4.63. The van der Waals surface area contributed by atoms with Crippen molar-refractivity contribution in [2.24, 2.45) is 0 Å². The van der Waals surface area contributed by atoms with Crippen LogP contribution < -0.4 is 5.73 Å². The van der Waals surface area contributed by atoms with Crippen LogP contribution in [0, 0.1) is 4.77 Å². The molecule has 2 aromatic rings. The number of H-pyrrole nitrogens is 1. The van der Waals surface area contributed by atoms with Crippen LogP contribution in [0.25, 0.3) is 11.5 Å². The summed E-state index contributed by atoms with van der Waals surface area (Å²) in [4.78, 5) is 0. The van der Waals surface area contributed by atoms with Gasteiger partial charge in [0.15, 0.2) is 16.3 Å². The molecule has 0 aromatic carbocycles. The summed E-state index contributed by atoms with van der Waals surface area (Å²) in [5, 5.41) is 11.5. The molecule has 1 saturated carbocycles. The molecule has 2 aromatic heterocycles. The van der Waals surface area contributed by atoms with Crippen LogP contribution in [-0.4, -0.2) is 24.5 Å². The van der Waals surface area contributed by atoms with Crippen molar-refractivity contribution in [2.75, 3.05) is 5.73 Å². The maximum absolute atomic E-state index is 5.96. The van der Waals surface area contributed by atoms with Gasteiger partial charge >= 0.3 is 0 Å². The lowest BCUT2D eigenvalue weighted by atomic mass is 10.3. The molecule has 7 heteroatoms. The van der Waals surface area contributed by atoms with Crippen molar-refractivity contribution < 1.29 is 0 Å². The third-order valence-electron chi connectivity index (χ3n) is 2.94. The van der Waals surface area contributed by atoms with Crippen LogP contribution in [0.3, 0.4) is 0 Å². The number of aromatic amines is 1. The van der Waals surface area contributed by atoms with Crippen LogP contribution in [0.1, 0.15) is 25.8 Å². The van der Waals surface area contributed by atoms with Crippen molar-refractivity contribution in [2.45, 2.75) is 32.4 Å². The SMILES string of the molecule is CCn1cc(N)c(-c2n[nH]c(=S)n2C2CC2)n1. The van der Waals surface area contributed by atoms with Gasteiger partial charge in [0.05, 0.1) is 5.69 Å². The first kappa shape index (κ1) is 10.5. The van der Waals surface area contributed by atoms with Crippen LogP contribution in [0.4, 0.5) is 5.69 Å². The fourth-order valence-electron chi connectivity index (χ4n) is 1.92. The molecule has 1 aliphatic carbocycles. The Morgan fingerprint density at radius 3 is 2.94 bits per heavy atom. The Morgan fingerprint density at radius 1 is 1.59 bits per heavy atom. The Bertz CT molecular complexity index is 603. The molecule has 90 valence electrons. The zero-order valence-electron chi connectivity index (χ0n) is 9.55. The summed E-state index contributed by atoms with van der Waals surface area (Å²) in [5.74, 6) is 0.752. The molecule has 0 spiro atoms. The predicted molar refractivity (Wildman–Crippen MR) is 67.0 cm³/mol. The van der Waals surface area contributed by atoms with E-state index in [0.29, 0.717) is 22.2 Å². The topological polar surface area (TPSA) is 77.5 Å². The standard InChI is InChI=1S/C10H14N6S/c1-2-15-5-7(11)8(14-15)9-12-13-10(17)16(9)6-3-4-6/h5-6H,2-4,11H2,1H3,(H,13,17). The third-order valence-corrected chi connectivity index (χ3v) is 3.23. The van der Waals surface area contributed by atoms with E-state index >= 15 is 0 Å². The molecule has 17 heavy (non-hydrogen) atoms. The maximum atomic E-state index is 5.96. The smallest absolute Gasteiger partial charge is 0.195 e. The van der Waals surface area contributed by atoms with E-state index in [1.807, 2.05) is 17.7 Å². The van der Waals surface area contributed by atoms with Crippen molar-refractivity contribution >= 4 is 17.9 Å². The second-order valence-electron chi connectivity index (χ2n) is 4.24. The highest BCUT2D eigenvalue weighted by atomic mass is 32.1. The number of nitrogens with one attached hydrogen (secondary N) is 1. The normalized spacial score (nSPS) is 15.4. The Hall–Kier alpha value is -1.63. The Kier molecular flexibility index (Phi) is 2.29. The monoisotopic (exact) mass is 250 g/mol.